The Hall–Kier alpha value is -2.69. The quantitative estimate of drug-likeness (QED) is 0.142. The molecule has 10 atom stereocenters. The maximum Gasteiger partial charge on any atom is 0.386 e. The van der Waals surface area contributed by atoms with Gasteiger partial charge >= 0.3 is 13.5 Å². The molecule has 19 nitrogen and oxygen atoms in total. The van der Waals surface area contributed by atoms with Gasteiger partial charge < -0.3 is 30.4 Å². The summed E-state index contributed by atoms with van der Waals surface area (Å²) >= 11 is 9.11. The van der Waals surface area contributed by atoms with Crippen LogP contribution < -0.4 is 17.0 Å². The van der Waals surface area contributed by atoms with Crippen molar-refractivity contribution in [3.05, 3.63) is 29.3 Å². The lowest BCUT2D eigenvalue weighted by Gasteiger charge is -2.26. The molecule has 3 aliphatic rings. The summed E-state index contributed by atoms with van der Waals surface area (Å²) in [6, 6.07) is 0. The van der Waals surface area contributed by atoms with Crippen LogP contribution in [-0.4, -0.2) is 93.9 Å². The number of anilines is 2. The Bertz CT molecular complexity index is 1950. The van der Waals surface area contributed by atoms with Crippen molar-refractivity contribution in [2.45, 2.75) is 49.2 Å². The van der Waals surface area contributed by atoms with Gasteiger partial charge in [-0.3, -0.25) is 32.5 Å². The lowest BCUT2D eigenvalue weighted by Crippen LogP contribution is -2.34. The Kier molecular flexibility index (Phi) is 7.72. The van der Waals surface area contributed by atoms with E-state index in [0.29, 0.717) is 0 Å². The summed E-state index contributed by atoms with van der Waals surface area (Å²) in [5.74, 6) is -0.224. The van der Waals surface area contributed by atoms with Crippen molar-refractivity contribution in [1.29, 1.82) is 0 Å². The molecule has 7 heterocycles. The van der Waals surface area contributed by atoms with E-state index in [2.05, 4.69) is 42.2 Å². The van der Waals surface area contributed by atoms with Gasteiger partial charge in [0.1, 0.15) is 36.3 Å². The molecule has 0 radical (unpaired) electrons. The predicted octanol–water partition coefficient (Wildman–Crippen LogP) is 0.667. The molecule has 6 N–H and O–H groups in total. The first-order valence-electron chi connectivity index (χ1n) is 12.9. The number of nitrogens with one attached hydrogen (secondary N) is 1. The van der Waals surface area contributed by atoms with E-state index in [1.807, 2.05) is 0 Å². The van der Waals surface area contributed by atoms with Crippen LogP contribution >= 0.6 is 25.8 Å². The third-order valence-corrected chi connectivity index (χ3v) is 10.4. The number of aromatic nitrogens is 8. The number of imidazole rings is 2. The third kappa shape index (κ3) is 5.54. The highest BCUT2D eigenvalue weighted by atomic mass is 32.7. The molecule has 3 saturated heterocycles. The Labute approximate surface area is 259 Å². The highest BCUT2D eigenvalue weighted by Gasteiger charge is 2.54. The van der Waals surface area contributed by atoms with E-state index in [4.69, 9.17) is 50.8 Å². The minimum atomic E-state index is -4.49. The standard InChI is InChI=1S/C20H22F2N10O9P2S2/c21-8-6-1-36-42(34,44)40-12-7(39-18(9(12)22)31-4-27-10-14(23)25-3-26-15(10)31)2-37-43(35,45)41-13(8)19(38-6)32-5-28-11-16(32)29-20(24)30-17(11)33/h3-9,12-13,18-19H,1-2H2,(H,34,44)(H,35,45)(H2,23,25,26)(H3,24,29,30,33)/t6-,7-,8+,9+,12-,13+,18-,19-,42?,43?/m1/s1. The average Bonchev–Trinajstić information content (AvgIpc) is 3.72. The number of thiol groups is 1. The normalized spacial score (nSPS) is 37.7. The second-order valence-corrected chi connectivity index (χ2v) is 15.7. The summed E-state index contributed by atoms with van der Waals surface area (Å²) in [4.78, 5) is 45.5. The van der Waals surface area contributed by atoms with Gasteiger partial charge in [0.2, 0.25) is 5.95 Å². The summed E-state index contributed by atoms with van der Waals surface area (Å²) in [7, 11) is 0. The second-order valence-electron chi connectivity index (χ2n) is 10.0. The van der Waals surface area contributed by atoms with Gasteiger partial charge in [0.25, 0.3) is 5.56 Å². The zero-order valence-electron chi connectivity index (χ0n) is 22.3. The lowest BCUT2D eigenvalue weighted by atomic mass is 10.1. The first kappa shape index (κ1) is 30.9. The first-order valence-corrected chi connectivity index (χ1v) is 18.2. The molecule has 2 bridgehead atoms. The maximum atomic E-state index is 16.0. The summed E-state index contributed by atoms with van der Waals surface area (Å²) in [5.41, 5.74) is 10.9. The van der Waals surface area contributed by atoms with Gasteiger partial charge in [-0.15, -0.1) is 0 Å². The van der Waals surface area contributed by atoms with Gasteiger partial charge in [-0.1, -0.05) is 12.2 Å². The van der Waals surface area contributed by atoms with Crippen LogP contribution in [0.2, 0.25) is 0 Å². The summed E-state index contributed by atoms with van der Waals surface area (Å²) in [5, 5.41) is 0. The maximum absolute atomic E-state index is 16.0. The molecule has 0 spiro atoms. The minimum absolute atomic E-state index is 0.0396. The van der Waals surface area contributed by atoms with Gasteiger partial charge in [0.15, 0.2) is 47.4 Å². The number of nitrogens with two attached hydrogens (primary N) is 2. The smallest absolute Gasteiger partial charge is 0.382 e. The van der Waals surface area contributed by atoms with E-state index in [1.54, 1.807) is 0 Å². The molecule has 4 aromatic rings. The average molecular weight is 711 g/mol. The lowest BCUT2D eigenvalue weighted by molar-refractivity contribution is -0.0578. The fourth-order valence-corrected chi connectivity index (χ4v) is 8.12. The van der Waals surface area contributed by atoms with Crippen LogP contribution in [0.5, 0.6) is 0 Å². The van der Waals surface area contributed by atoms with E-state index >= 15 is 8.78 Å². The van der Waals surface area contributed by atoms with Gasteiger partial charge in [0, 0.05) is 0 Å². The molecule has 0 amide bonds. The topological polar surface area (TPSA) is 252 Å². The highest BCUT2D eigenvalue weighted by Crippen LogP contribution is 2.59. The van der Waals surface area contributed by atoms with E-state index in [-0.39, 0.29) is 34.1 Å². The van der Waals surface area contributed by atoms with Gasteiger partial charge in [-0.2, -0.15) is 4.98 Å². The van der Waals surface area contributed by atoms with Gasteiger partial charge in [0.05, 0.1) is 25.9 Å². The number of halogens is 2. The van der Waals surface area contributed by atoms with Crippen LogP contribution in [-0.2, 0) is 43.9 Å². The fraction of sp³-hybridized carbons (Fsp3) is 0.500. The molecule has 0 saturated carbocycles. The van der Waals surface area contributed by atoms with E-state index in [0.717, 1.165) is 17.2 Å². The number of hydrogen-bond donors (Lipinski definition) is 5. The number of rotatable bonds is 2. The molecule has 45 heavy (non-hydrogen) atoms. The SMILES string of the molecule is Nc1nc2c(ncn2[C@@H]2O[C@@H]3COP(O)(=S)O[C@H]4[C@H](F)[C@H](n5cnc6c(N)ncnc65)O[C@@H]4COP(=O)(S)O[C@H]2[C@H]3F)c(=O)[nH]1. The zero-order valence-corrected chi connectivity index (χ0v) is 25.8. The van der Waals surface area contributed by atoms with E-state index in [9.17, 15) is 14.3 Å². The number of H-pyrrole nitrogens is 1. The van der Waals surface area contributed by atoms with E-state index in [1.165, 1.54) is 10.9 Å². The van der Waals surface area contributed by atoms with Crippen LogP contribution in [0.1, 0.15) is 12.5 Å². The Morgan fingerprint density at radius 3 is 2.42 bits per heavy atom. The van der Waals surface area contributed by atoms with Crippen LogP contribution in [0, 0.1) is 0 Å². The number of nitrogen functional groups attached to an aromatic ring is 2. The Balaban J connectivity index is 1.21. The van der Waals surface area contributed by atoms with Crippen molar-refractivity contribution < 1.29 is 45.8 Å². The summed E-state index contributed by atoms with van der Waals surface area (Å²) < 4.78 is 81.1. The molecule has 2 unspecified atom stereocenters. The molecular weight excluding hydrogens is 688 g/mol. The van der Waals surface area contributed by atoms with Crippen molar-refractivity contribution in [3.8, 4) is 0 Å². The number of nitrogens with zero attached hydrogens (tertiary/aromatic N) is 7. The molecule has 25 heteroatoms. The predicted molar refractivity (Wildman–Crippen MR) is 155 cm³/mol. The molecule has 242 valence electrons. The van der Waals surface area contributed by atoms with E-state index < -0.39 is 81.5 Å². The number of fused-ring (bicyclic) bond motifs is 5. The second kappa shape index (κ2) is 11.2. The Morgan fingerprint density at radius 2 is 1.64 bits per heavy atom. The molecular formula is C20H22F2N10O9P2S2. The number of hydrogen-bond acceptors (Lipinski definition) is 16. The van der Waals surface area contributed by atoms with Crippen molar-refractivity contribution in [1.82, 2.24) is 39.0 Å². The molecule has 0 aromatic carbocycles. The monoisotopic (exact) mass is 710 g/mol. The van der Waals surface area contributed by atoms with Crippen molar-refractivity contribution in [3.63, 3.8) is 0 Å². The molecule has 7 rings (SSSR count). The number of aromatic amines is 1. The third-order valence-electron chi connectivity index (χ3n) is 7.23. The molecule has 4 aromatic heterocycles. The van der Waals surface area contributed by atoms with Crippen molar-refractivity contribution >= 4 is 71.7 Å². The van der Waals surface area contributed by atoms with Crippen LogP contribution in [0.4, 0.5) is 20.5 Å². The largest absolute Gasteiger partial charge is 0.386 e. The van der Waals surface area contributed by atoms with Crippen molar-refractivity contribution in [2.75, 3.05) is 24.7 Å². The summed E-state index contributed by atoms with van der Waals surface area (Å²) in [6.45, 7) is -10.2. The molecule has 3 aliphatic heterocycles. The van der Waals surface area contributed by atoms with Crippen LogP contribution in [0.3, 0.4) is 0 Å². The summed E-state index contributed by atoms with van der Waals surface area (Å²) in [6.07, 6.45) is -9.83. The molecule has 0 aliphatic carbocycles. The van der Waals surface area contributed by atoms with Gasteiger partial charge in [-0.05, 0) is 11.8 Å². The minimum Gasteiger partial charge on any atom is -0.382 e. The Morgan fingerprint density at radius 1 is 0.956 bits per heavy atom. The van der Waals surface area contributed by atoms with Gasteiger partial charge in [-0.25, -0.2) is 33.3 Å². The molecule has 3 fully saturated rings. The number of ether oxygens (including phenoxy) is 2. The highest BCUT2D eigenvalue weighted by molar-refractivity contribution is 8.44. The fourth-order valence-electron chi connectivity index (χ4n) is 5.23. The van der Waals surface area contributed by atoms with Crippen LogP contribution in [0.25, 0.3) is 22.3 Å². The van der Waals surface area contributed by atoms with Crippen LogP contribution in [0.15, 0.2) is 23.8 Å². The first-order chi connectivity index (χ1) is 21.3. The van der Waals surface area contributed by atoms with Crippen molar-refractivity contribution in [2.24, 2.45) is 0 Å². The number of alkyl halides is 2. The zero-order chi connectivity index (χ0) is 31.8.